The molecule has 0 aliphatic rings. The number of aromatic nitrogens is 2. The van der Waals surface area contributed by atoms with Gasteiger partial charge in [-0.1, -0.05) is 6.58 Å². The predicted octanol–water partition coefficient (Wildman–Crippen LogP) is 0.459. The molecule has 0 radical (unpaired) electrons. The Bertz CT molecular complexity index is 382. The highest BCUT2D eigenvalue weighted by molar-refractivity contribution is 5.86. The Morgan fingerprint density at radius 3 is 2.87 bits per heavy atom. The standard InChI is InChI=1S/C10H15N3O2/c1-7(10(14)15)4-11-5-9-6-13(3)12-8(9)2/h6,11H,1,4-5H2,2-3H3,(H,14,15). The average Bonchev–Trinajstić information content (AvgIpc) is 2.45. The number of nitrogens with one attached hydrogen (secondary N) is 1. The molecular weight excluding hydrogens is 194 g/mol. The second-order valence-corrected chi connectivity index (χ2v) is 3.43. The largest absolute Gasteiger partial charge is 0.478 e. The number of rotatable bonds is 5. The van der Waals surface area contributed by atoms with Crippen LogP contribution in [0.3, 0.4) is 0 Å². The summed E-state index contributed by atoms with van der Waals surface area (Å²) in [6.45, 7) is 6.23. The molecule has 5 heteroatoms. The van der Waals surface area contributed by atoms with Crippen LogP contribution < -0.4 is 5.32 Å². The topological polar surface area (TPSA) is 67.2 Å². The third-order valence-electron chi connectivity index (χ3n) is 2.07. The molecule has 0 fully saturated rings. The molecule has 0 amide bonds. The van der Waals surface area contributed by atoms with E-state index in [1.54, 1.807) is 4.68 Å². The van der Waals surface area contributed by atoms with Crippen LogP contribution in [0, 0.1) is 6.92 Å². The van der Waals surface area contributed by atoms with Crippen molar-refractivity contribution in [2.75, 3.05) is 6.54 Å². The summed E-state index contributed by atoms with van der Waals surface area (Å²) in [4.78, 5) is 10.5. The Morgan fingerprint density at radius 2 is 2.40 bits per heavy atom. The van der Waals surface area contributed by atoms with Crippen molar-refractivity contribution < 1.29 is 9.90 Å². The number of hydrogen-bond donors (Lipinski definition) is 2. The van der Waals surface area contributed by atoms with E-state index < -0.39 is 5.97 Å². The summed E-state index contributed by atoms with van der Waals surface area (Å²) in [5, 5.41) is 15.8. The minimum atomic E-state index is -0.967. The maximum Gasteiger partial charge on any atom is 0.332 e. The second-order valence-electron chi connectivity index (χ2n) is 3.43. The molecule has 0 spiro atoms. The minimum Gasteiger partial charge on any atom is -0.478 e. The quantitative estimate of drug-likeness (QED) is 0.691. The van der Waals surface area contributed by atoms with Gasteiger partial charge in [0.2, 0.25) is 0 Å². The number of aliphatic carboxylic acids is 1. The molecule has 0 aliphatic carbocycles. The summed E-state index contributed by atoms with van der Waals surface area (Å²) in [6.07, 6.45) is 1.91. The van der Waals surface area contributed by atoms with Crippen LogP contribution in [0.25, 0.3) is 0 Å². The highest BCUT2D eigenvalue weighted by atomic mass is 16.4. The highest BCUT2D eigenvalue weighted by Gasteiger charge is 2.05. The van der Waals surface area contributed by atoms with Crippen molar-refractivity contribution in [3.05, 3.63) is 29.6 Å². The molecule has 1 aromatic heterocycles. The Labute approximate surface area is 88.4 Å². The number of nitrogens with zero attached hydrogens (tertiary/aromatic N) is 2. The van der Waals surface area contributed by atoms with Gasteiger partial charge in [0.25, 0.3) is 0 Å². The summed E-state index contributed by atoms with van der Waals surface area (Å²) in [6, 6.07) is 0. The van der Waals surface area contributed by atoms with Crippen molar-refractivity contribution in [3.8, 4) is 0 Å². The molecule has 0 bridgehead atoms. The maximum absolute atomic E-state index is 10.5. The molecular formula is C10H15N3O2. The van der Waals surface area contributed by atoms with Crippen LogP contribution in [0.5, 0.6) is 0 Å². The van der Waals surface area contributed by atoms with Crippen molar-refractivity contribution in [2.45, 2.75) is 13.5 Å². The van der Waals surface area contributed by atoms with Gasteiger partial charge in [-0.2, -0.15) is 5.10 Å². The van der Waals surface area contributed by atoms with Gasteiger partial charge in [-0.15, -0.1) is 0 Å². The van der Waals surface area contributed by atoms with E-state index in [-0.39, 0.29) is 12.1 Å². The van der Waals surface area contributed by atoms with Gasteiger partial charge in [0.15, 0.2) is 0 Å². The average molecular weight is 209 g/mol. The molecule has 0 saturated carbocycles. The monoisotopic (exact) mass is 209 g/mol. The van der Waals surface area contributed by atoms with Crippen LogP contribution in [-0.2, 0) is 18.4 Å². The first-order valence-electron chi connectivity index (χ1n) is 4.61. The van der Waals surface area contributed by atoms with Gasteiger partial charge in [-0.05, 0) is 6.92 Å². The fourth-order valence-electron chi connectivity index (χ4n) is 1.25. The normalized spacial score (nSPS) is 10.3. The van der Waals surface area contributed by atoms with Crippen molar-refractivity contribution in [3.63, 3.8) is 0 Å². The van der Waals surface area contributed by atoms with Crippen molar-refractivity contribution in [1.29, 1.82) is 0 Å². The van der Waals surface area contributed by atoms with Gasteiger partial charge >= 0.3 is 5.97 Å². The minimum absolute atomic E-state index is 0.163. The molecule has 1 heterocycles. The summed E-state index contributed by atoms with van der Waals surface area (Å²) < 4.78 is 1.73. The number of hydrogen-bond acceptors (Lipinski definition) is 3. The molecule has 0 unspecified atom stereocenters. The summed E-state index contributed by atoms with van der Waals surface area (Å²) in [7, 11) is 1.85. The van der Waals surface area contributed by atoms with E-state index in [2.05, 4.69) is 17.0 Å². The van der Waals surface area contributed by atoms with Gasteiger partial charge in [0.05, 0.1) is 5.69 Å². The molecule has 5 nitrogen and oxygen atoms in total. The van der Waals surface area contributed by atoms with E-state index in [1.165, 1.54) is 0 Å². The highest BCUT2D eigenvalue weighted by Crippen LogP contribution is 2.03. The zero-order valence-electron chi connectivity index (χ0n) is 8.95. The SMILES string of the molecule is C=C(CNCc1cn(C)nc1C)C(=O)O. The predicted molar refractivity (Wildman–Crippen MR) is 56.4 cm³/mol. The lowest BCUT2D eigenvalue weighted by Crippen LogP contribution is -2.20. The van der Waals surface area contributed by atoms with E-state index in [9.17, 15) is 4.79 Å². The van der Waals surface area contributed by atoms with Crippen molar-refractivity contribution in [1.82, 2.24) is 15.1 Å². The van der Waals surface area contributed by atoms with Crippen molar-refractivity contribution >= 4 is 5.97 Å². The van der Waals surface area contributed by atoms with E-state index in [4.69, 9.17) is 5.11 Å². The van der Waals surface area contributed by atoms with Crippen LogP contribution in [0.4, 0.5) is 0 Å². The Balaban J connectivity index is 2.41. The first-order valence-corrected chi connectivity index (χ1v) is 4.61. The van der Waals surface area contributed by atoms with Gasteiger partial charge < -0.3 is 10.4 Å². The summed E-state index contributed by atoms with van der Waals surface area (Å²) >= 11 is 0. The summed E-state index contributed by atoms with van der Waals surface area (Å²) in [5.41, 5.74) is 2.18. The molecule has 82 valence electrons. The zero-order chi connectivity index (χ0) is 11.4. The van der Waals surface area contributed by atoms with Gasteiger partial charge in [0.1, 0.15) is 0 Å². The van der Waals surface area contributed by atoms with Crippen molar-refractivity contribution in [2.24, 2.45) is 7.05 Å². The van der Waals surface area contributed by atoms with Gasteiger partial charge in [0, 0.05) is 37.5 Å². The number of carbonyl (C=O) groups is 1. The van der Waals surface area contributed by atoms with Gasteiger partial charge in [-0.3, -0.25) is 4.68 Å². The first-order chi connectivity index (χ1) is 7.00. The number of carboxylic acid groups (broad SMARTS) is 1. The van der Waals surface area contributed by atoms with Crippen LogP contribution in [0.15, 0.2) is 18.3 Å². The molecule has 0 saturated heterocycles. The first kappa shape index (κ1) is 11.5. The van der Waals surface area contributed by atoms with Gasteiger partial charge in [-0.25, -0.2) is 4.79 Å². The molecule has 1 rings (SSSR count). The molecule has 0 aromatic carbocycles. The van der Waals surface area contributed by atoms with Crippen LogP contribution in [-0.4, -0.2) is 27.4 Å². The fourth-order valence-corrected chi connectivity index (χ4v) is 1.25. The maximum atomic E-state index is 10.5. The molecule has 1 aromatic rings. The second kappa shape index (κ2) is 4.75. The zero-order valence-corrected chi connectivity index (χ0v) is 8.95. The lowest BCUT2D eigenvalue weighted by atomic mass is 10.2. The van der Waals surface area contributed by atoms with Crippen LogP contribution in [0.1, 0.15) is 11.3 Å². The lowest BCUT2D eigenvalue weighted by molar-refractivity contribution is -0.132. The Morgan fingerprint density at radius 1 is 1.73 bits per heavy atom. The lowest BCUT2D eigenvalue weighted by Gasteiger charge is -2.02. The molecule has 0 atom stereocenters. The molecule has 2 N–H and O–H groups in total. The van der Waals surface area contributed by atoms with Crippen LogP contribution in [0.2, 0.25) is 0 Å². The Kier molecular flexibility index (Phi) is 3.62. The molecule has 0 aliphatic heterocycles. The van der Waals surface area contributed by atoms with E-state index >= 15 is 0 Å². The molecule has 15 heavy (non-hydrogen) atoms. The third kappa shape index (κ3) is 3.21. The van der Waals surface area contributed by atoms with Crippen LogP contribution >= 0.6 is 0 Å². The number of carboxylic acids is 1. The van der Waals surface area contributed by atoms with E-state index in [0.717, 1.165) is 11.3 Å². The Hall–Kier alpha value is -1.62. The third-order valence-corrected chi connectivity index (χ3v) is 2.07. The fraction of sp³-hybridized carbons (Fsp3) is 0.400. The summed E-state index contributed by atoms with van der Waals surface area (Å²) in [5.74, 6) is -0.967. The van der Waals surface area contributed by atoms with E-state index in [1.807, 2.05) is 20.2 Å². The number of aryl methyl sites for hydroxylation is 2. The van der Waals surface area contributed by atoms with E-state index in [0.29, 0.717) is 6.54 Å². The smallest absolute Gasteiger partial charge is 0.332 e.